The fraction of sp³-hybridized carbons (Fsp3) is 0.179. The van der Waals surface area contributed by atoms with Crippen molar-refractivity contribution >= 4 is 45.6 Å². The molecule has 0 spiro atoms. The van der Waals surface area contributed by atoms with E-state index in [1.165, 1.54) is 17.4 Å². The quantitative estimate of drug-likeness (QED) is 0.248. The summed E-state index contributed by atoms with van der Waals surface area (Å²) in [4.78, 5) is 19.7. The van der Waals surface area contributed by atoms with Gasteiger partial charge in [0.1, 0.15) is 0 Å². The first-order valence-electron chi connectivity index (χ1n) is 11.9. The number of primary amides is 1. The van der Waals surface area contributed by atoms with Gasteiger partial charge in [0.2, 0.25) is 12.8 Å². The minimum atomic E-state index is -3.25. The number of halogens is 1. The second kappa shape index (κ2) is 12.6. The summed E-state index contributed by atoms with van der Waals surface area (Å²) in [5.74, 6) is 0. The van der Waals surface area contributed by atoms with Gasteiger partial charge in [0, 0.05) is 33.8 Å². The van der Waals surface area contributed by atoms with Crippen molar-refractivity contribution in [2.24, 2.45) is 5.73 Å². The Balaban J connectivity index is 0.000000293. The molecule has 0 saturated carbocycles. The van der Waals surface area contributed by atoms with Crippen LogP contribution in [0.15, 0.2) is 65.6 Å². The van der Waals surface area contributed by atoms with Crippen LogP contribution in [0.1, 0.15) is 22.4 Å². The number of nitrogens with zero attached hydrogens (tertiary/aromatic N) is 2. The van der Waals surface area contributed by atoms with Crippen LogP contribution in [0.3, 0.4) is 0 Å². The molecule has 39 heavy (non-hydrogen) atoms. The van der Waals surface area contributed by atoms with Crippen molar-refractivity contribution in [1.82, 2.24) is 9.78 Å². The van der Waals surface area contributed by atoms with Crippen LogP contribution in [-0.2, 0) is 32.3 Å². The van der Waals surface area contributed by atoms with Crippen LogP contribution in [0.4, 0.5) is 11.4 Å². The second-order valence-electron chi connectivity index (χ2n) is 8.87. The van der Waals surface area contributed by atoms with E-state index in [0.29, 0.717) is 12.1 Å². The Morgan fingerprint density at radius 2 is 1.67 bits per heavy atom. The maximum atomic E-state index is 11.7. The molecule has 9 nitrogen and oxygen atoms in total. The van der Waals surface area contributed by atoms with E-state index in [1.807, 2.05) is 48.9 Å². The number of amides is 2. The molecule has 0 radical (unpaired) electrons. The number of aryl methyl sites for hydroxylation is 3. The van der Waals surface area contributed by atoms with Crippen molar-refractivity contribution in [3.63, 3.8) is 0 Å². The second-order valence-corrected chi connectivity index (χ2v) is 11.3. The van der Waals surface area contributed by atoms with Gasteiger partial charge in [0.15, 0.2) is 9.84 Å². The highest BCUT2D eigenvalue weighted by Crippen LogP contribution is 2.38. The standard InChI is InChI=1S/C20H19N3O3S.C7H8ClN.CH3NO/c1-13-18-10-4-14-3-5-15(21-12-24)11-19(14)20(18)23(22-13)16-6-8-17(9-7-16)27(2,25)26;1-5-2-3-6(9)4-7(5)8;2-1-3/h3,5-9,11-12H,4,10H2,1-2H3,(H,21,24);2-4H,9H2,1H3;1H,(H2,2,3). The molecule has 0 unspecified atom stereocenters. The summed E-state index contributed by atoms with van der Waals surface area (Å²) in [6.07, 6.45) is 3.93. The van der Waals surface area contributed by atoms with Crippen LogP contribution in [0.25, 0.3) is 16.9 Å². The van der Waals surface area contributed by atoms with Gasteiger partial charge in [0.25, 0.3) is 0 Å². The Morgan fingerprint density at radius 3 is 2.23 bits per heavy atom. The number of nitrogen functional groups attached to an aromatic ring is 1. The monoisotopic (exact) mass is 567 g/mol. The minimum absolute atomic E-state index is 0.250. The Kier molecular flexibility index (Phi) is 9.50. The SMILES string of the molecule is Cc1ccc(N)cc1Cl.Cc1nn(-c2ccc(S(C)(=O)=O)cc2)c2c1CCc1ccc(NC=O)cc1-2.NC=O. The van der Waals surface area contributed by atoms with Crippen LogP contribution in [-0.4, -0.2) is 37.3 Å². The van der Waals surface area contributed by atoms with E-state index in [1.54, 1.807) is 30.3 Å². The molecule has 1 aliphatic carbocycles. The van der Waals surface area contributed by atoms with Crippen LogP contribution in [0.5, 0.6) is 0 Å². The smallest absolute Gasteiger partial charge is 0.211 e. The summed E-state index contributed by atoms with van der Waals surface area (Å²) < 4.78 is 25.3. The predicted molar refractivity (Wildman–Crippen MR) is 155 cm³/mol. The third-order valence-electron chi connectivity index (χ3n) is 6.12. The van der Waals surface area contributed by atoms with Gasteiger partial charge in [-0.2, -0.15) is 5.10 Å². The molecule has 4 aromatic rings. The molecule has 0 atom stereocenters. The number of aromatic nitrogens is 2. The van der Waals surface area contributed by atoms with E-state index in [-0.39, 0.29) is 11.3 Å². The molecule has 1 heterocycles. The zero-order valence-corrected chi connectivity index (χ0v) is 23.4. The molecule has 2 amide bonds. The van der Waals surface area contributed by atoms with E-state index in [9.17, 15) is 13.2 Å². The number of fused-ring (bicyclic) bond motifs is 3. The predicted octanol–water partition coefficient (Wildman–Crippen LogP) is 4.25. The van der Waals surface area contributed by atoms with Crippen LogP contribution in [0, 0.1) is 13.8 Å². The van der Waals surface area contributed by atoms with Gasteiger partial charge in [-0.25, -0.2) is 13.1 Å². The van der Waals surface area contributed by atoms with Crippen LogP contribution < -0.4 is 16.8 Å². The van der Waals surface area contributed by atoms with Gasteiger partial charge in [-0.05, 0) is 86.3 Å². The number of carbonyl (C=O) groups excluding carboxylic acids is 2. The molecule has 5 N–H and O–H groups in total. The zero-order chi connectivity index (χ0) is 28.7. The summed E-state index contributed by atoms with van der Waals surface area (Å²) in [6.45, 7) is 3.93. The van der Waals surface area contributed by atoms with Gasteiger partial charge >= 0.3 is 0 Å². The van der Waals surface area contributed by atoms with Crippen molar-refractivity contribution in [2.45, 2.75) is 31.6 Å². The van der Waals surface area contributed by atoms with Crippen LogP contribution >= 0.6 is 11.6 Å². The minimum Gasteiger partial charge on any atom is -0.399 e. The lowest BCUT2D eigenvalue weighted by Gasteiger charge is -2.20. The summed E-state index contributed by atoms with van der Waals surface area (Å²) >= 11 is 5.73. The van der Waals surface area contributed by atoms with E-state index >= 15 is 0 Å². The lowest BCUT2D eigenvalue weighted by atomic mass is 9.88. The summed E-state index contributed by atoms with van der Waals surface area (Å²) in [7, 11) is -3.25. The summed E-state index contributed by atoms with van der Waals surface area (Å²) in [5.41, 5.74) is 18.3. The van der Waals surface area contributed by atoms with Gasteiger partial charge in [-0.3, -0.25) is 9.59 Å². The van der Waals surface area contributed by atoms with E-state index in [0.717, 1.165) is 51.8 Å². The van der Waals surface area contributed by atoms with Crippen molar-refractivity contribution in [1.29, 1.82) is 0 Å². The number of sulfone groups is 1. The molecule has 11 heteroatoms. The van der Waals surface area contributed by atoms with Gasteiger partial charge in [-0.1, -0.05) is 23.7 Å². The molecule has 0 aliphatic heterocycles. The fourth-order valence-electron chi connectivity index (χ4n) is 4.20. The molecule has 0 bridgehead atoms. The maximum absolute atomic E-state index is 11.7. The van der Waals surface area contributed by atoms with Gasteiger partial charge in [-0.15, -0.1) is 0 Å². The van der Waals surface area contributed by atoms with E-state index < -0.39 is 9.84 Å². The van der Waals surface area contributed by atoms with Gasteiger partial charge < -0.3 is 16.8 Å². The van der Waals surface area contributed by atoms with Crippen LogP contribution in [0.2, 0.25) is 5.02 Å². The van der Waals surface area contributed by atoms with E-state index in [4.69, 9.17) is 27.2 Å². The van der Waals surface area contributed by atoms with Crippen molar-refractivity contribution in [3.8, 4) is 16.9 Å². The maximum Gasteiger partial charge on any atom is 0.211 e. The van der Waals surface area contributed by atoms with E-state index in [2.05, 4.69) is 11.1 Å². The normalized spacial score (nSPS) is 11.5. The van der Waals surface area contributed by atoms with Crippen molar-refractivity contribution in [2.75, 3.05) is 17.3 Å². The Hall–Kier alpha value is -4.15. The fourth-order valence-corrected chi connectivity index (χ4v) is 5.02. The lowest BCUT2D eigenvalue weighted by Crippen LogP contribution is -2.08. The highest BCUT2D eigenvalue weighted by Gasteiger charge is 2.24. The first-order valence-corrected chi connectivity index (χ1v) is 14.2. The van der Waals surface area contributed by atoms with Crippen molar-refractivity contribution < 1.29 is 18.0 Å². The number of hydrogen-bond donors (Lipinski definition) is 3. The average Bonchev–Trinajstić information content (AvgIpc) is 3.24. The number of benzene rings is 3. The molecule has 1 aromatic heterocycles. The molecule has 3 aromatic carbocycles. The molecule has 1 aliphatic rings. The molecular weight excluding hydrogens is 538 g/mol. The largest absolute Gasteiger partial charge is 0.399 e. The van der Waals surface area contributed by atoms with Crippen molar-refractivity contribution in [3.05, 3.63) is 88.1 Å². The topological polar surface area (TPSA) is 150 Å². The highest BCUT2D eigenvalue weighted by molar-refractivity contribution is 7.90. The number of carbonyl (C=O) groups is 2. The number of rotatable bonds is 4. The number of nitrogens with two attached hydrogens (primary N) is 2. The molecule has 5 rings (SSSR count). The molecule has 0 saturated heterocycles. The third-order valence-corrected chi connectivity index (χ3v) is 7.66. The highest BCUT2D eigenvalue weighted by atomic mass is 35.5. The Morgan fingerprint density at radius 1 is 1.00 bits per heavy atom. The Bertz CT molecular complexity index is 1600. The summed E-state index contributed by atoms with van der Waals surface area (Å²) in [6, 6.07) is 18.1. The first-order chi connectivity index (χ1) is 18.5. The zero-order valence-electron chi connectivity index (χ0n) is 21.8. The summed E-state index contributed by atoms with van der Waals surface area (Å²) in [5, 5.41) is 8.14. The third kappa shape index (κ3) is 7.04. The average molecular weight is 568 g/mol. The van der Waals surface area contributed by atoms with Gasteiger partial charge in [0.05, 0.1) is 22.0 Å². The lowest BCUT2D eigenvalue weighted by molar-refractivity contribution is -0.107. The molecule has 0 fully saturated rings. The number of hydrogen-bond acceptors (Lipinski definition) is 6. The molecule has 204 valence electrons. The first kappa shape index (κ1) is 29.4. The molecular formula is C28H30ClN5O4S. The number of anilines is 2. The Labute approximate surface area is 232 Å². The number of nitrogens with one attached hydrogen (secondary N) is 1.